The van der Waals surface area contributed by atoms with Gasteiger partial charge in [-0.1, -0.05) is 32.1 Å². The van der Waals surface area contributed by atoms with E-state index < -0.39 is 24.4 Å². The lowest BCUT2D eigenvalue weighted by atomic mass is 9.86. The van der Waals surface area contributed by atoms with Crippen molar-refractivity contribution >= 4 is 0 Å². The first-order valence-electron chi connectivity index (χ1n) is 8.02. The van der Waals surface area contributed by atoms with Crippen LogP contribution >= 0.6 is 0 Å². The summed E-state index contributed by atoms with van der Waals surface area (Å²) in [6, 6.07) is -0.459. The molecule has 4 N–H and O–H groups in total. The van der Waals surface area contributed by atoms with Crippen molar-refractivity contribution < 1.29 is 20.4 Å². The molecule has 1 heterocycles. The van der Waals surface area contributed by atoms with Gasteiger partial charge in [-0.2, -0.15) is 0 Å². The molecular formula is C15H29NO4. The zero-order valence-corrected chi connectivity index (χ0v) is 12.2. The van der Waals surface area contributed by atoms with E-state index in [9.17, 15) is 20.4 Å². The predicted octanol–water partition coefficient (Wildman–Crippen LogP) is 0.106. The molecule has 0 unspecified atom stereocenters. The molecule has 20 heavy (non-hydrogen) atoms. The van der Waals surface area contributed by atoms with Crippen LogP contribution in [0.1, 0.15) is 44.9 Å². The second-order valence-corrected chi connectivity index (χ2v) is 6.44. The number of aliphatic hydroxyl groups excluding tert-OH is 4. The highest BCUT2D eigenvalue weighted by Crippen LogP contribution is 2.28. The summed E-state index contributed by atoms with van der Waals surface area (Å²) in [6.07, 6.45) is 5.77. The molecular weight excluding hydrogens is 258 g/mol. The Balaban J connectivity index is 1.77. The topological polar surface area (TPSA) is 84.2 Å². The summed E-state index contributed by atoms with van der Waals surface area (Å²) in [5.74, 6) is 0.821. The summed E-state index contributed by atoms with van der Waals surface area (Å²) in [5, 5.41) is 38.7. The van der Waals surface area contributed by atoms with Crippen LogP contribution in [0, 0.1) is 5.92 Å². The van der Waals surface area contributed by atoms with Gasteiger partial charge < -0.3 is 20.4 Å². The fourth-order valence-electron chi connectivity index (χ4n) is 3.69. The van der Waals surface area contributed by atoms with Crippen LogP contribution in [0.5, 0.6) is 0 Å². The number of hydrogen-bond donors (Lipinski definition) is 4. The third kappa shape index (κ3) is 3.92. The second-order valence-electron chi connectivity index (χ2n) is 6.44. The highest BCUT2D eigenvalue weighted by molar-refractivity contribution is 4.94. The van der Waals surface area contributed by atoms with Crippen molar-refractivity contribution in [3.05, 3.63) is 0 Å². The first kappa shape index (κ1) is 16.2. The van der Waals surface area contributed by atoms with Crippen LogP contribution in [0.25, 0.3) is 0 Å². The van der Waals surface area contributed by atoms with E-state index in [1.54, 1.807) is 0 Å². The Morgan fingerprint density at radius 3 is 2.30 bits per heavy atom. The van der Waals surface area contributed by atoms with Crippen molar-refractivity contribution in [1.82, 2.24) is 4.90 Å². The molecule has 0 bridgehead atoms. The van der Waals surface area contributed by atoms with Crippen molar-refractivity contribution in [3.8, 4) is 0 Å². The van der Waals surface area contributed by atoms with E-state index in [0.717, 1.165) is 18.9 Å². The fourth-order valence-corrected chi connectivity index (χ4v) is 3.69. The first-order chi connectivity index (χ1) is 9.63. The number of aliphatic hydroxyl groups is 4. The molecule has 5 heteroatoms. The molecule has 2 aliphatic rings. The van der Waals surface area contributed by atoms with Crippen molar-refractivity contribution in [2.45, 2.75) is 69.3 Å². The molecule has 0 aromatic carbocycles. The lowest BCUT2D eigenvalue weighted by Gasteiger charge is -2.43. The highest BCUT2D eigenvalue weighted by Gasteiger charge is 2.40. The minimum atomic E-state index is -1.15. The van der Waals surface area contributed by atoms with E-state index in [2.05, 4.69) is 0 Å². The monoisotopic (exact) mass is 287 g/mol. The van der Waals surface area contributed by atoms with E-state index in [1.807, 2.05) is 4.90 Å². The molecule has 4 atom stereocenters. The summed E-state index contributed by atoms with van der Waals surface area (Å²) in [5.41, 5.74) is 0. The SMILES string of the molecule is OC[C@H]1[C@@H](O)[C@H](O)[C@@H](O)CN1CCCC1CCCCC1. The highest BCUT2D eigenvalue weighted by atomic mass is 16.4. The van der Waals surface area contributed by atoms with Crippen LogP contribution in [-0.2, 0) is 0 Å². The van der Waals surface area contributed by atoms with Gasteiger partial charge in [0.25, 0.3) is 0 Å². The molecule has 5 nitrogen and oxygen atoms in total. The molecule has 0 spiro atoms. The third-order valence-corrected chi connectivity index (χ3v) is 5.00. The Kier molecular flexibility index (Phi) is 6.23. The molecule has 1 aliphatic carbocycles. The minimum Gasteiger partial charge on any atom is -0.395 e. The zero-order valence-electron chi connectivity index (χ0n) is 12.2. The lowest BCUT2D eigenvalue weighted by molar-refractivity contribution is -0.145. The summed E-state index contributed by atoms with van der Waals surface area (Å²) >= 11 is 0. The maximum atomic E-state index is 9.91. The molecule has 118 valence electrons. The van der Waals surface area contributed by atoms with Gasteiger partial charge in [-0.25, -0.2) is 0 Å². The van der Waals surface area contributed by atoms with Gasteiger partial charge in [0.15, 0.2) is 0 Å². The molecule has 2 rings (SSSR count). The summed E-state index contributed by atoms with van der Waals surface area (Å²) < 4.78 is 0. The van der Waals surface area contributed by atoms with Crippen LogP contribution in [0.3, 0.4) is 0 Å². The first-order valence-corrected chi connectivity index (χ1v) is 8.02. The van der Waals surface area contributed by atoms with Crippen LogP contribution in [0.4, 0.5) is 0 Å². The van der Waals surface area contributed by atoms with E-state index >= 15 is 0 Å². The average Bonchev–Trinajstić information content (AvgIpc) is 2.46. The van der Waals surface area contributed by atoms with Gasteiger partial charge in [0.2, 0.25) is 0 Å². The van der Waals surface area contributed by atoms with Gasteiger partial charge in [0.05, 0.1) is 18.8 Å². The molecule has 1 aliphatic heterocycles. The van der Waals surface area contributed by atoms with Crippen LogP contribution < -0.4 is 0 Å². The molecule has 0 amide bonds. The van der Waals surface area contributed by atoms with Gasteiger partial charge >= 0.3 is 0 Å². The fraction of sp³-hybridized carbons (Fsp3) is 1.00. The van der Waals surface area contributed by atoms with Crippen LogP contribution in [0.15, 0.2) is 0 Å². The normalized spacial score (nSPS) is 37.2. The lowest BCUT2D eigenvalue weighted by Crippen LogP contribution is -2.62. The van der Waals surface area contributed by atoms with E-state index in [0.29, 0.717) is 6.54 Å². The number of piperidine rings is 1. The Bertz CT molecular complexity index is 283. The number of β-amino-alcohol motifs (C(OH)–C–C–N with tert-alkyl or cyclic N) is 1. The third-order valence-electron chi connectivity index (χ3n) is 5.00. The zero-order chi connectivity index (χ0) is 14.5. The van der Waals surface area contributed by atoms with Crippen molar-refractivity contribution in [1.29, 1.82) is 0 Å². The molecule has 0 radical (unpaired) electrons. The number of nitrogens with zero attached hydrogens (tertiary/aromatic N) is 1. The average molecular weight is 287 g/mol. The van der Waals surface area contributed by atoms with Crippen molar-refractivity contribution in [3.63, 3.8) is 0 Å². The predicted molar refractivity (Wildman–Crippen MR) is 76.3 cm³/mol. The minimum absolute atomic E-state index is 0.186. The van der Waals surface area contributed by atoms with Crippen LogP contribution in [0.2, 0.25) is 0 Å². The molecule has 1 saturated carbocycles. The smallest absolute Gasteiger partial charge is 0.109 e. The largest absolute Gasteiger partial charge is 0.395 e. The van der Waals surface area contributed by atoms with Crippen molar-refractivity contribution in [2.24, 2.45) is 5.92 Å². The van der Waals surface area contributed by atoms with Crippen LogP contribution in [-0.4, -0.2) is 69.4 Å². The van der Waals surface area contributed by atoms with Crippen molar-refractivity contribution in [2.75, 3.05) is 19.7 Å². The Labute approximate surface area is 121 Å². The second kappa shape index (κ2) is 7.71. The Morgan fingerprint density at radius 2 is 1.65 bits per heavy atom. The standard InChI is InChI=1S/C15H29NO4/c17-10-12-14(19)15(20)13(18)9-16(12)8-4-7-11-5-2-1-3-6-11/h11-15,17-20H,1-10H2/t12-,13-,14+,15+/m0/s1. The molecule has 0 aromatic heterocycles. The van der Waals surface area contributed by atoms with E-state index in [1.165, 1.54) is 38.5 Å². The number of hydrogen-bond acceptors (Lipinski definition) is 5. The van der Waals surface area contributed by atoms with E-state index in [-0.39, 0.29) is 6.61 Å². The van der Waals surface area contributed by atoms with Gasteiger partial charge in [-0.15, -0.1) is 0 Å². The van der Waals surface area contributed by atoms with E-state index in [4.69, 9.17) is 0 Å². The number of rotatable bonds is 5. The van der Waals surface area contributed by atoms with Gasteiger partial charge in [0.1, 0.15) is 12.2 Å². The van der Waals surface area contributed by atoms with Gasteiger partial charge in [0, 0.05) is 6.54 Å². The Hall–Kier alpha value is -0.200. The maximum Gasteiger partial charge on any atom is 0.109 e. The number of likely N-dealkylation sites (tertiary alicyclic amines) is 1. The van der Waals surface area contributed by atoms with Gasteiger partial charge in [-0.05, 0) is 25.3 Å². The molecule has 2 fully saturated rings. The Morgan fingerprint density at radius 1 is 0.950 bits per heavy atom. The maximum absolute atomic E-state index is 9.91. The van der Waals surface area contributed by atoms with Gasteiger partial charge in [-0.3, -0.25) is 4.90 Å². The quantitative estimate of drug-likeness (QED) is 0.577. The summed E-state index contributed by atoms with van der Waals surface area (Å²) in [7, 11) is 0. The summed E-state index contributed by atoms with van der Waals surface area (Å²) in [6.45, 7) is 0.908. The molecule has 0 aromatic rings. The molecule has 1 saturated heterocycles. The summed E-state index contributed by atoms with van der Waals surface area (Å²) in [4.78, 5) is 1.92.